The molecule has 2 aromatic heterocycles. The standard InChI is InChI=1S/C10H10ClIN4O/c1-10(2)3-4-17-9-13-5-6(11)14-8(12)15-7(5)16(9)10/h3-4H2,1-2H3. The number of imidazole rings is 1. The van der Waals surface area contributed by atoms with Crippen LogP contribution >= 0.6 is 34.2 Å². The van der Waals surface area contributed by atoms with E-state index in [2.05, 4.69) is 28.8 Å². The van der Waals surface area contributed by atoms with Crippen molar-refractivity contribution in [1.82, 2.24) is 19.5 Å². The predicted molar refractivity (Wildman–Crippen MR) is 72.5 cm³/mol. The maximum atomic E-state index is 6.09. The molecule has 5 nitrogen and oxygen atoms in total. The third-order valence-corrected chi connectivity index (χ3v) is 3.70. The lowest BCUT2D eigenvalue weighted by Gasteiger charge is -2.32. The van der Waals surface area contributed by atoms with Gasteiger partial charge in [0.25, 0.3) is 6.01 Å². The van der Waals surface area contributed by atoms with Crippen molar-refractivity contribution in [2.24, 2.45) is 0 Å². The largest absolute Gasteiger partial charge is 0.465 e. The predicted octanol–water partition coefficient (Wildman–Crippen LogP) is 2.60. The molecule has 90 valence electrons. The Morgan fingerprint density at radius 1 is 1.35 bits per heavy atom. The molecule has 0 amide bonds. The number of hydrogen-bond donors (Lipinski definition) is 0. The number of rotatable bonds is 0. The van der Waals surface area contributed by atoms with E-state index in [1.54, 1.807) is 0 Å². The molecule has 0 spiro atoms. The fourth-order valence-electron chi connectivity index (χ4n) is 2.03. The summed E-state index contributed by atoms with van der Waals surface area (Å²) >= 11 is 8.14. The van der Waals surface area contributed by atoms with Crippen molar-refractivity contribution >= 4 is 45.4 Å². The third kappa shape index (κ3) is 1.69. The Balaban J connectivity index is 2.41. The molecule has 1 aliphatic rings. The minimum absolute atomic E-state index is 0.0664. The van der Waals surface area contributed by atoms with E-state index in [1.165, 1.54) is 0 Å². The monoisotopic (exact) mass is 364 g/mol. The SMILES string of the molecule is CC1(C)CCOc2nc3c(Cl)nc(I)nc3n21. The molecule has 0 aliphatic carbocycles. The van der Waals surface area contributed by atoms with Crippen molar-refractivity contribution in [3.05, 3.63) is 8.98 Å². The molecule has 2 aromatic rings. The number of hydrogen-bond acceptors (Lipinski definition) is 4. The van der Waals surface area contributed by atoms with E-state index in [1.807, 2.05) is 27.2 Å². The van der Waals surface area contributed by atoms with Gasteiger partial charge in [0.05, 0.1) is 6.61 Å². The van der Waals surface area contributed by atoms with Crippen LogP contribution in [0, 0.1) is 3.83 Å². The van der Waals surface area contributed by atoms with Crippen LogP contribution in [-0.2, 0) is 5.54 Å². The lowest BCUT2D eigenvalue weighted by molar-refractivity contribution is 0.151. The molecule has 17 heavy (non-hydrogen) atoms. The Hall–Kier alpha value is -0.630. The first-order valence-corrected chi connectivity index (χ1v) is 6.69. The summed E-state index contributed by atoms with van der Waals surface area (Å²) in [6.45, 7) is 4.95. The first-order valence-electron chi connectivity index (χ1n) is 5.24. The zero-order valence-electron chi connectivity index (χ0n) is 9.37. The summed E-state index contributed by atoms with van der Waals surface area (Å²) in [5, 5.41) is 0.376. The van der Waals surface area contributed by atoms with Crippen molar-refractivity contribution in [3.8, 4) is 6.01 Å². The van der Waals surface area contributed by atoms with Gasteiger partial charge in [0.15, 0.2) is 14.6 Å². The van der Waals surface area contributed by atoms with Gasteiger partial charge in [-0.1, -0.05) is 11.6 Å². The first kappa shape index (κ1) is 11.5. The molecule has 3 rings (SSSR count). The third-order valence-electron chi connectivity index (χ3n) is 2.96. The molecule has 1 aliphatic heterocycles. The van der Waals surface area contributed by atoms with Crippen LogP contribution in [0.25, 0.3) is 11.2 Å². The van der Waals surface area contributed by atoms with E-state index in [9.17, 15) is 0 Å². The van der Waals surface area contributed by atoms with Gasteiger partial charge in [0.2, 0.25) is 0 Å². The molecule has 0 saturated heterocycles. The number of fused-ring (bicyclic) bond motifs is 3. The summed E-state index contributed by atoms with van der Waals surface area (Å²) in [6.07, 6.45) is 0.920. The van der Waals surface area contributed by atoms with Crippen LogP contribution in [0.2, 0.25) is 5.15 Å². The van der Waals surface area contributed by atoms with Crippen molar-refractivity contribution < 1.29 is 4.74 Å². The number of halogens is 2. The Morgan fingerprint density at radius 2 is 2.12 bits per heavy atom. The number of aromatic nitrogens is 4. The summed E-state index contributed by atoms with van der Waals surface area (Å²) in [4.78, 5) is 12.9. The van der Waals surface area contributed by atoms with Gasteiger partial charge in [0, 0.05) is 34.6 Å². The van der Waals surface area contributed by atoms with Gasteiger partial charge in [-0.2, -0.15) is 4.98 Å². The summed E-state index contributed by atoms with van der Waals surface area (Å²) < 4.78 is 8.18. The Kier molecular flexibility index (Phi) is 2.48. The normalized spacial score (nSPS) is 17.9. The minimum atomic E-state index is -0.0664. The fourth-order valence-corrected chi connectivity index (χ4v) is 2.85. The number of nitrogens with zero attached hydrogens (tertiary/aromatic N) is 4. The van der Waals surface area contributed by atoms with Crippen LogP contribution in [-0.4, -0.2) is 26.1 Å². The maximum absolute atomic E-state index is 6.09. The molecule has 0 bridgehead atoms. The van der Waals surface area contributed by atoms with Crippen molar-refractivity contribution in [1.29, 1.82) is 0 Å². The van der Waals surface area contributed by atoms with Gasteiger partial charge >= 0.3 is 0 Å². The van der Waals surface area contributed by atoms with Gasteiger partial charge in [-0.05, 0) is 13.8 Å². The molecule has 0 unspecified atom stereocenters. The van der Waals surface area contributed by atoms with Crippen molar-refractivity contribution in [2.75, 3.05) is 6.61 Å². The molecule has 3 heterocycles. The average Bonchev–Trinajstić information content (AvgIpc) is 2.57. The van der Waals surface area contributed by atoms with Gasteiger partial charge in [0.1, 0.15) is 5.52 Å². The second-order valence-corrected chi connectivity index (χ2v) is 5.92. The van der Waals surface area contributed by atoms with Gasteiger partial charge in [-0.15, -0.1) is 0 Å². The van der Waals surface area contributed by atoms with E-state index in [0.29, 0.717) is 27.1 Å². The maximum Gasteiger partial charge on any atom is 0.299 e. The quantitative estimate of drug-likeness (QED) is 0.410. The van der Waals surface area contributed by atoms with Crippen LogP contribution in [0.15, 0.2) is 0 Å². The number of ether oxygens (including phenoxy) is 1. The lowest BCUT2D eigenvalue weighted by Crippen LogP contribution is -2.33. The molecule has 0 N–H and O–H groups in total. The Labute approximate surface area is 117 Å². The Morgan fingerprint density at radius 3 is 2.88 bits per heavy atom. The molecule has 0 atom stereocenters. The van der Waals surface area contributed by atoms with E-state index in [-0.39, 0.29) is 5.54 Å². The highest BCUT2D eigenvalue weighted by Crippen LogP contribution is 2.35. The summed E-state index contributed by atoms with van der Waals surface area (Å²) in [7, 11) is 0. The van der Waals surface area contributed by atoms with Crippen LogP contribution in [0.3, 0.4) is 0 Å². The van der Waals surface area contributed by atoms with Crippen LogP contribution < -0.4 is 4.74 Å². The van der Waals surface area contributed by atoms with E-state index in [4.69, 9.17) is 16.3 Å². The van der Waals surface area contributed by atoms with E-state index < -0.39 is 0 Å². The summed E-state index contributed by atoms with van der Waals surface area (Å²) in [5.74, 6) is 0. The fraction of sp³-hybridized carbons (Fsp3) is 0.500. The average molecular weight is 365 g/mol. The second-order valence-electron chi connectivity index (χ2n) is 4.60. The molecule has 0 radical (unpaired) electrons. The highest BCUT2D eigenvalue weighted by Gasteiger charge is 2.32. The van der Waals surface area contributed by atoms with Crippen molar-refractivity contribution in [3.63, 3.8) is 0 Å². The molecule has 0 fully saturated rings. The van der Waals surface area contributed by atoms with Crippen molar-refractivity contribution in [2.45, 2.75) is 25.8 Å². The molecule has 0 saturated carbocycles. The van der Waals surface area contributed by atoms with Crippen LogP contribution in [0.5, 0.6) is 6.01 Å². The molecule has 7 heteroatoms. The zero-order valence-corrected chi connectivity index (χ0v) is 12.3. The van der Waals surface area contributed by atoms with Gasteiger partial charge in [-0.3, -0.25) is 4.57 Å². The first-order chi connectivity index (χ1) is 7.99. The molecule has 0 aromatic carbocycles. The smallest absolute Gasteiger partial charge is 0.299 e. The van der Waals surface area contributed by atoms with E-state index >= 15 is 0 Å². The van der Waals surface area contributed by atoms with Crippen LogP contribution in [0.1, 0.15) is 20.3 Å². The van der Waals surface area contributed by atoms with Gasteiger partial charge < -0.3 is 4.74 Å². The second kappa shape index (κ2) is 3.68. The highest BCUT2D eigenvalue weighted by atomic mass is 127. The lowest BCUT2D eigenvalue weighted by atomic mass is 10.0. The summed E-state index contributed by atoms with van der Waals surface area (Å²) in [6, 6.07) is 0.578. The minimum Gasteiger partial charge on any atom is -0.465 e. The van der Waals surface area contributed by atoms with Crippen LogP contribution in [0.4, 0.5) is 0 Å². The molecular weight excluding hydrogens is 354 g/mol. The van der Waals surface area contributed by atoms with E-state index in [0.717, 1.165) is 12.1 Å². The molecular formula is C10H10ClIN4O. The Bertz CT molecular complexity index is 610. The van der Waals surface area contributed by atoms with Gasteiger partial charge in [-0.25, -0.2) is 9.97 Å². The summed E-state index contributed by atoms with van der Waals surface area (Å²) in [5.41, 5.74) is 1.29. The zero-order chi connectivity index (χ0) is 12.2. The highest BCUT2D eigenvalue weighted by molar-refractivity contribution is 14.1. The topological polar surface area (TPSA) is 52.8 Å².